The van der Waals surface area contributed by atoms with Crippen molar-refractivity contribution < 1.29 is 14.4 Å². The number of nitrogens with one attached hydrogen (secondary N) is 4. The molecule has 4 N–H and O–H groups in total. The van der Waals surface area contributed by atoms with E-state index in [1.54, 1.807) is 10.7 Å². The van der Waals surface area contributed by atoms with Crippen molar-refractivity contribution in [3.63, 3.8) is 0 Å². The molecule has 1 aliphatic heterocycles. The van der Waals surface area contributed by atoms with E-state index in [1.807, 2.05) is 7.05 Å². The topological polar surface area (TPSA) is 156 Å². The minimum atomic E-state index is -0.852. The minimum absolute atomic E-state index is 0.0294. The highest BCUT2D eigenvalue weighted by Gasteiger charge is 2.36. The van der Waals surface area contributed by atoms with E-state index in [-0.39, 0.29) is 23.7 Å². The quantitative estimate of drug-likeness (QED) is 0.345. The maximum absolute atomic E-state index is 13.3. The van der Waals surface area contributed by atoms with Gasteiger partial charge in [-0.15, -0.1) is 11.3 Å². The van der Waals surface area contributed by atoms with Gasteiger partial charge in [0.2, 0.25) is 0 Å². The van der Waals surface area contributed by atoms with Crippen LogP contribution < -0.4 is 21.3 Å². The monoisotopic (exact) mass is 557 g/mol. The summed E-state index contributed by atoms with van der Waals surface area (Å²) in [5.41, 5.74) is 0.948. The molecule has 3 amide bonds. The third-order valence-corrected chi connectivity index (χ3v) is 8.40. The normalized spacial score (nSPS) is 22.8. The van der Waals surface area contributed by atoms with Crippen molar-refractivity contribution in [3.05, 3.63) is 51.1 Å². The van der Waals surface area contributed by atoms with Crippen molar-refractivity contribution in [2.24, 2.45) is 7.05 Å². The van der Waals surface area contributed by atoms with Crippen LogP contribution in [0, 0.1) is 0 Å². The first-order chi connectivity index (χ1) is 18.3. The smallest absolute Gasteiger partial charge is 0.314 e. The number of thiazole rings is 1. The number of pyridine rings is 1. The summed E-state index contributed by atoms with van der Waals surface area (Å²) in [5.74, 6) is -0.912. The van der Waals surface area contributed by atoms with Gasteiger partial charge in [0, 0.05) is 49.1 Å². The van der Waals surface area contributed by atoms with Crippen molar-refractivity contribution in [3.8, 4) is 0 Å². The highest BCUT2D eigenvalue weighted by atomic mass is 35.5. The molecular weight excluding hydrogens is 530 g/mol. The maximum Gasteiger partial charge on any atom is 0.314 e. The van der Waals surface area contributed by atoms with Crippen molar-refractivity contribution >= 4 is 46.5 Å². The first-order valence-corrected chi connectivity index (χ1v) is 13.6. The van der Waals surface area contributed by atoms with Crippen molar-refractivity contribution in [1.82, 2.24) is 40.7 Å². The van der Waals surface area contributed by atoms with Gasteiger partial charge in [-0.1, -0.05) is 11.6 Å². The fourth-order valence-electron chi connectivity index (χ4n) is 4.98. The number of hydrogen-bond acceptors (Lipinski definition) is 9. The lowest BCUT2D eigenvalue weighted by Gasteiger charge is -2.36. The predicted octanol–water partition coefficient (Wildman–Crippen LogP) is 1.72. The van der Waals surface area contributed by atoms with E-state index in [0.29, 0.717) is 29.3 Å². The zero-order valence-electron chi connectivity index (χ0n) is 20.9. The fourth-order valence-corrected chi connectivity index (χ4v) is 6.13. The van der Waals surface area contributed by atoms with Gasteiger partial charge in [-0.3, -0.25) is 19.1 Å². The van der Waals surface area contributed by atoms with Crippen LogP contribution in [0.4, 0.5) is 5.82 Å². The minimum Gasteiger partial charge on any atom is -0.345 e. The van der Waals surface area contributed by atoms with Crippen molar-refractivity contribution in [2.45, 2.75) is 56.7 Å². The Morgan fingerprint density at radius 3 is 2.68 bits per heavy atom. The van der Waals surface area contributed by atoms with Gasteiger partial charge in [0.15, 0.2) is 5.01 Å². The van der Waals surface area contributed by atoms with Gasteiger partial charge in [-0.05, 0) is 38.3 Å². The second kappa shape index (κ2) is 11.1. The summed E-state index contributed by atoms with van der Waals surface area (Å²) in [6, 6.07) is 2.31. The molecule has 0 unspecified atom stereocenters. The van der Waals surface area contributed by atoms with Gasteiger partial charge < -0.3 is 21.3 Å². The molecule has 1 saturated carbocycles. The second-order valence-electron chi connectivity index (χ2n) is 9.48. The summed E-state index contributed by atoms with van der Waals surface area (Å²) in [5, 5.41) is 16.7. The van der Waals surface area contributed by atoms with Crippen LogP contribution in [0.15, 0.2) is 24.7 Å². The number of hydrogen-bond donors (Lipinski definition) is 4. The molecule has 0 aromatic carbocycles. The Hall–Kier alpha value is -3.42. The molecule has 4 heterocycles. The molecular formula is C24H28ClN9O3S. The molecule has 12 nitrogen and oxygen atoms in total. The Morgan fingerprint density at radius 2 is 1.97 bits per heavy atom. The lowest BCUT2D eigenvalue weighted by atomic mass is 9.81. The number of anilines is 1. The second-order valence-corrected chi connectivity index (χ2v) is 11.0. The van der Waals surface area contributed by atoms with Crippen LogP contribution in [-0.2, 0) is 23.1 Å². The highest BCUT2D eigenvalue weighted by Crippen LogP contribution is 2.33. The van der Waals surface area contributed by atoms with Crippen LogP contribution in [-0.4, -0.2) is 61.1 Å². The summed E-state index contributed by atoms with van der Waals surface area (Å²) >= 11 is 7.21. The summed E-state index contributed by atoms with van der Waals surface area (Å²) in [6.45, 7) is 2.88. The SMILES string of the molecule is C[C@@H]1NCCc2nc(C(=O)N[C@@H]3C[C@@H](c4ncnn4C)CC[C@@H]3NC(=O)C(=O)Nc3ccc(Cl)cn3)sc21. The van der Waals surface area contributed by atoms with Gasteiger partial charge in [0.1, 0.15) is 18.0 Å². The zero-order chi connectivity index (χ0) is 26.8. The molecule has 0 radical (unpaired) electrons. The van der Waals surface area contributed by atoms with E-state index in [4.69, 9.17) is 11.6 Å². The number of nitrogens with zero attached hydrogens (tertiary/aromatic N) is 5. The Bertz CT molecular complexity index is 1340. The average Bonchev–Trinajstić information content (AvgIpc) is 3.53. The Morgan fingerprint density at radius 1 is 1.13 bits per heavy atom. The Labute approximate surface area is 228 Å². The fraction of sp³-hybridized carbons (Fsp3) is 0.458. The molecule has 3 aromatic rings. The summed E-state index contributed by atoms with van der Waals surface area (Å²) in [4.78, 5) is 52.7. The first-order valence-electron chi connectivity index (χ1n) is 12.4. The number of aryl methyl sites for hydroxylation is 1. The zero-order valence-corrected chi connectivity index (χ0v) is 22.5. The third kappa shape index (κ3) is 5.69. The van der Waals surface area contributed by atoms with Gasteiger partial charge >= 0.3 is 11.8 Å². The van der Waals surface area contributed by atoms with E-state index in [0.717, 1.165) is 29.4 Å². The third-order valence-electron chi connectivity index (χ3n) is 6.90. The predicted molar refractivity (Wildman–Crippen MR) is 141 cm³/mol. The lowest BCUT2D eigenvalue weighted by molar-refractivity contribution is -0.136. The molecule has 1 fully saturated rings. The number of rotatable bonds is 5. The van der Waals surface area contributed by atoms with Gasteiger partial charge in [0.25, 0.3) is 5.91 Å². The van der Waals surface area contributed by atoms with Crippen LogP contribution in [0.2, 0.25) is 5.02 Å². The number of aromatic nitrogens is 5. The molecule has 4 atom stereocenters. The van der Waals surface area contributed by atoms with E-state index in [1.165, 1.54) is 29.9 Å². The molecule has 2 aliphatic rings. The van der Waals surface area contributed by atoms with Gasteiger partial charge in [-0.2, -0.15) is 5.10 Å². The molecule has 1 aliphatic carbocycles. The van der Waals surface area contributed by atoms with Gasteiger partial charge in [-0.25, -0.2) is 15.0 Å². The largest absolute Gasteiger partial charge is 0.345 e. The van der Waals surface area contributed by atoms with Crippen molar-refractivity contribution in [1.29, 1.82) is 0 Å². The van der Waals surface area contributed by atoms with Crippen LogP contribution in [0.5, 0.6) is 0 Å². The van der Waals surface area contributed by atoms with Crippen LogP contribution in [0.25, 0.3) is 0 Å². The van der Waals surface area contributed by atoms with Gasteiger partial charge in [0.05, 0.1) is 16.8 Å². The molecule has 38 heavy (non-hydrogen) atoms. The highest BCUT2D eigenvalue weighted by molar-refractivity contribution is 7.13. The van der Waals surface area contributed by atoms with Crippen LogP contribution in [0.3, 0.4) is 0 Å². The number of fused-ring (bicyclic) bond motifs is 1. The molecule has 0 saturated heterocycles. The number of carbonyl (C=O) groups is 3. The van der Waals surface area contributed by atoms with E-state index in [2.05, 4.69) is 48.2 Å². The average molecular weight is 558 g/mol. The summed E-state index contributed by atoms with van der Waals surface area (Å²) < 4.78 is 1.72. The lowest BCUT2D eigenvalue weighted by Crippen LogP contribution is -2.56. The summed E-state index contributed by atoms with van der Waals surface area (Å²) in [7, 11) is 1.83. The standard InChI is InChI=1S/C24H28ClN9O3S/c1-12-19-16(7-8-26-12)32-24(38-19)23(37)31-17-9-13(20-28-11-29-34(20)2)3-5-15(17)30-21(35)22(36)33-18-6-4-14(25)10-27-18/h4,6,10-13,15,17,26H,3,5,7-9H2,1-2H3,(H,30,35)(H,31,37)(H,27,33,36)/t12-,13-,15-,17+/m0/s1. The van der Waals surface area contributed by atoms with Crippen molar-refractivity contribution in [2.75, 3.05) is 11.9 Å². The van der Waals surface area contributed by atoms with E-state index in [9.17, 15) is 14.4 Å². The molecule has 0 spiro atoms. The molecule has 3 aromatic heterocycles. The van der Waals surface area contributed by atoms with Crippen LogP contribution >= 0.6 is 22.9 Å². The molecule has 14 heteroatoms. The molecule has 200 valence electrons. The first kappa shape index (κ1) is 26.2. The number of carbonyl (C=O) groups excluding carboxylic acids is 3. The summed E-state index contributed by atoms with van der Waals surface area (Å²) in [6.07, 6.45) is 5.42. The number of amides is 3. The van der Waals surface area contributed by atoms with E-state index >= 15 is 0 Å². The maximum atomic E-state index is 13.3. The molecule has 0 bridgehead atoms. The van der Waals surface area contributed by atoms with E-state index < -0.39 is 23.9 Å². The Balaban J connectivity index is 1.30. The number of halogens is 1. The van der Waals surface area contributed by atoms with Crippen LogP contribution in [0.1, 0.15) is 64.3 Å². The molecule has 5 rings (SSSR count). The Kier molecular flexibility index (Phi) is 7.68.